The zero-order chi connectivity index (χ0) is 20.3. The summed E-state index contributed by atoms with van der Waals surface area (Å²) in [4.78, 5) is 16.4. The first-order valence-electron chi connectivity index (χ1n) is 8.93. The number of aryl methyl sites for hydroxylation is 1. The fourth-order valence-electron chi connectivity index (χ4n) is 3.30. The molecular weight excluding hydrogens is 387 g/mol. The third-order valence-electron chi connectivity index (χ3n) is 4.78. The third-order valence-corrected chi connectivity index (χ3v) is 5.75. The molecule has 0 saturated heterocycles. The number of allylic oxidation sites excluding steroid dienone is 2. The molecule has 2 aromatic rings. The van der Waals surface area contributed by atoms with Gasteiger partial charge in [-0.15, -0.1) is 11.8 Å². The van der Waals surface area contributed by atoms with Gasteiger partial charge in [0.15, 0.2) is 5.78 Å². The highest BCUT2D eigenvalue weighted by molar-refractivity contribution is 7.99. The van der Waals surface area contributed by atoms with Crippen LogP contribution in [0.15, 0.2) is 53.4 Å². The monoisotopic (exact) mass is 407 g/mol. The predicted molar refractivity (Wildman–Crippen MR) is 103 cm³/mol. The van der Waals surface area contributed by atoms with E-state index in [-0.39, 0.29) is 17.5 Å². The molecule has 0 aliphatic heterocycles. The Morgan fingerprint density at radius 1 is 1.18 bits per heavy atom. The Labute approximate surface area is 165 Å². The first kappa shape index (κ1) is 20.5. The maximum Gasteiger partial charge on any atom is 0.417 e. The number of aliphatic hydroxyl groups is 1. The Hall–Kier alpha value is -2.28. The maximum atomic E-state index is 12.6. The number of rotatable bonds is 5. The third kappa shape index (κ3) is 4.76. The second-order valence-electron chi connectivity index (χ2n) is 6.85. The van der Waals surface area contributed by atoms with Crippen molar-refractivity contribution in [3.8, 4) is 0 Å². The molecule has 148 valence electrons. The van der Waals surface area contributed by atoms with Crippen molar-refractivity contribution in [1.82, 2.24) is 4.98 Å². The van der Waals surface area contributed by atoms with Crippen LogP contribution < -0.4 is 0 Å². The van der Waals surface area contributed by atoms with E-state index in [4.69, 9.17) is 0 Å². The SMILES string of the molecule is Cc1ccccc1C1=C(O)CC(CCSc2ccc(C(F)(F)F)cn2)CC1=O. The number of alkyl halides is 3. The van der Waals surface area contributed by atoms with Gasteiger partial charge in [-0.2, -0.15) is 13.2 Å². The summed E-state index contributed by atoms with van der Waals surface area (Å²) < 4.78 is 37.7. The van der Waals surface area contributed by atoms with Crippen LogP contribution >= 0.6 is 11.8 Å². The highest BCUT2D eigenvalue weighted by atomic mass is 32.2. The fourth-order valence-corrected chi connectivity index (χ4v) is 4.25. The van der Waals surface area contributed by atoms with Crippen molar-refractivity contribution in [2.45, 2.75) is 37.4 Å². The van der Waals surface area contributed by atoms with Gasteiger partial charge in [0.25, 0.3) is 0 Å². The highest BCUT2D eigenvalue weighted by Gasteiger charge is 2.31. The molecule has 7 heteroatoms. The lowest BCUT2D eigenvalue weighted by Gasteiger charge is -2.24. The van der Waals surface area contributed by atoms with Gasteiger partial charge in [0.05, 0.1) is 16.2 Å². The van der Waals surface area contributed by atoms with E-state index in [1.165, 1.54) is 17.8 Å². The molecule has 1 N–H and O–H groups in total. The van der Waals surface area contributed by atoms with E-state index in [0.29, 0.717) is 35.6 Å². The van der Waals surface area contributed by atoms with Crippen LogP contribution in [-0.2, 0) is 11.0 Å². The van der Waals surface area contributed by atoms with Crippen LogP contribution in [0.5, 0.6) is 0 Å². The number of nitrogens with zero attached hydrogens (tertiary/aromatic N) is 1. The molecule has 0 bridgehead atoms. The van der Waals surface area contributed by atoms with Gasteiger partial charge < -0.3 is 5.11 Å². The molecule has 3 nitrogen and oxygen atoms in total. The second kappa shape index (κ2) is 8.39. The van der Waals surface area contributed by atoms with Crippen LogP contribution in [0.1, 0.15) is 36.0 Å². The summed E-state index contributed by atoms with van der Waals surface area (Å²) in [5.74, 6) is 0.680. The van der Waals surface area contributed by atoms with Crippen LogP contribution in [0, 0.1) is 12.8 Å². The first-order valence-corrected chi connectivity index (χ1v) is 9.91. The smallest absolute Gasteiger partial charge is 0.417 e. The van der Waals surface area contributed by atoms with E-state index in [2.05, 4.69) is 4.98 Å². The van der Waals surface area contributed by atoms with Crippen molar-refractivity contribution in [2.75, 3.05) is 5.75 Å². The van der Waals surface area contributed by atoms with Gasteiger partial charge in [-0.05, 0) is 48.3 Å². The number of benzene rings is 1. The van der Waals surface area contributed by atoms with Crippen molar-refractivity contribution in [1.29, 1.82) is 0 Å². The molecule has 1 aliphatic carbocycles. The van der Waals surface area contributed by atoms with E-state index < -0.39 is 11.7 Å². The lowest BCUT2D eigenvalue weighted by Crippen LogP contribution is -2.20. The van der Waals surface area contributed by atoms with Crippen LogP contribution in [-0.4, -0.2) is 21.6 Å². The normalized spacial score (nSPS) is 17.9. The molecule has 28 heavy (non-hydrogen) atoms. The Kier molecular flexibility index (Phi) is 6.13. The van der Waals surface area contributed by atoms with Gasteiger partial charge in [-0.3, -0.25) is 4.79 Å². The summed E-state index contributed by atoms with van der Waals surface area (Å²) in [7, 11) is 0. The van der Waals surface area contributed by atoms with Crippen molar-refractivity contribution in [3.63, 3.8) is 0 Å². The number of halogens is 3. The predicted octanol–water partition coefficient (Wildman–Crippen LogP) is 5.84. The molecule has 1 aromatic carbocycles. The van der Waals surface area contributed by atoms with Crippen LogP contribution in [0.2, 0.25) is 0 Å². The average molecular weight is 407 g/mol. The number of Topliss-reactive ketones (excluding diaryl/α,β-unsaturated/α-hetero) is 1. The number of carbonyl (C=O) groups excluding carboxylic acids is 1. The van der Waals surface area contributed by atoms with Crippen LogP contribution in [0.3, 0.4) is 0 Å². The maximum absolute atomic E-state index is 12.6. The fraction of sp³-hybridized carbons (Fsp3) is 0.333. The van der Waals surface area contributed by atoms with Gasteiger partial charge >= 0.3 is 6.18 Å². The summed E-state index contributed by atoms with van der Waals surface area (Å²) in [5.41, 5.74) is 1.35. The molecule has 1 heterocycles. The standard InChI is InChI=1S/C21H20F3NO2S/c1-13-4-2-3-5-16(13)20-17(26)10-14(11-18(20)27)8-9-28-19-7-6-15(12-25-19)21(22,23)24/h2-7,12,14,26H,8-11H2,1H3. The minimum absolute atomic E-state index is 0.0159. The molecule has 0 fully saturated rings. The molecular formula is C21H20F3NO2S. The topological polar surface area (TPSA) is 50.2 Å². The summed E-state index contributed by atoms with van der Waals surface area (Å²) >= 11 is 1.35. The first-order chi connectivity index (χ1) is 13.3. The zero-order valence-corrected chi connectivity index (χ0v) is 16.1. The molecule has 3 rings (SSSR count). The molecule has 0 radical (unpaired) electrons. The van der Waals surface area contributed by atoms with Gasteiger partial charge in [0, 0.05) is 19.0 Å². The highest BCUT2D eigenvalue weighted by Crippen LogP contribution is 2.35. The number of hydrogen-bond donors (Lipinski definition) is 1. The number of carbonyl (C=O) groups is 1. The molecule has 0 spiro atoms. The van der Waals surface area contributed by atoms with E-state index in [0.717, 1.165) is 23.4 Å². The lowest BCUT2D eigenvalue weighted by atomic mass is 9.82. The summed E-state index contributed by atoms with van der Waals surface area (Å²) in [6.07, 6.45) is -2.11. The van der Waals surface area contributed by atoms with E-state index >= 15 is 0 Å². The second-order valence-corrected chi connectivity index (χ2v) is 7.97. The quantitative estimate of drug-likeness (QED) is 0.633. The van der Waals surface area contributed by atoms with Crippen LogP contribution in [0.25, 0.3) is 5.57 Å². The lowest BCUT2D eigenvalue weighted by molar-refractivity contribution is -0.137. The van der Waals surface area contributed by atoms with Crippen molar-refractivity contribution in [2.24, 2.45) is 5.92 Å². The molecule has 1 aliphatic rings. The molecule has 1 aromatic heterocycles. The summed E-state index contributed by atoms with van der Waals surface area (Å²) in [6, 6.07) is 9.85. The van der Waals surface area contributed by atoms with Gasteiger partial charge in [0.2, 0.25) is 0 Å². The molecule has 0 amide bonds. The number of pyridine rings is 1. The molecule has 0 saturated carbocycles. The van der Waals surface area contributed by atoms with Crippen molar-refractivity contribution < 1.29 is 23.1 Å². The van der Waals surface area contributed by atoms with Crippen LogP contribution in [0.4, 0.5) is 13.2 Å². The summed E-state index contributed by atoms with van der Waals surface area (Å²) in [5, 5.41) is 11.0. The van der Waals surface area contributed by atoms with E-state index in [9.17, 15) is 23.1 Å². The number of aromatic nitrogens is 1. The minimum atomic E-state index is -4.39. The average Bonchev–Trinajstić information content (AvgIpc) is 2.62. The Morgan fingerprint density at radius 3 is 2.54 bits per heavy atom. The van der Waals surface area contributed by atoms with E-state index in [1.54, 1.807) is 0 Å². The van der Waals surface area contributed by atoms with Gasteiger partial charge in [0.1, 0.15) is 5.76 Å². The number of thioether (sulfide) groups is 1. The van der Waals surface area contributed by atoms with Gasteiger partial charge in [-0.1, -0.05) is 24.3 Å². The Bertz CT molecular complexity index is 891. The van der Waals surface area contributed by atoms with Crippen molar-refractivity contribution in [3.05, 3.63) is 65.0 Å². The molecule has 1 unspecified atom stereocenters. The van der Waals surface area contributed by atoms with E-state index in [1.807, 2.05) is 31.2 Å². The number of aliphatic hydroxyl groups excluding tert-OH is 1. The zero-order valence-electron chi connectivity index (χ0n) is 15.3. The summed E-state index contributed by atoms with van der Waals surface area (Å²) in [6.45, 7) is 1.91. The van der Waals surface area contributed by atoms with Crippen molar-refractivity contribution >= 4 is 23.1 Å². The Balaban J connectivity index is 1.59. The largest absolute Gasteiger partial charge is 0.512 e. The Morgan fingerprint density at radius 2 is 1.93 bits per heavy atom. The molecule has 1 atom stereocenters. The van der Waals surface area contributed by atoms with Gasteiger partial charge in [-0.25, -0.2) is 4.98 Å². The minimum Gasteiger partial charge on any atom is -0.512 e. The number of hydrogen-bond acceptors (Lipinski definition) is 4. The number of ketones is 1.